The molecule has 0 fully saturated rings. The number of aryl methyl sites for hydroxylation is 3. The number of hydrogen-bond donors (Lipinski definition) is 0. The van der Waals surface area contributed by atoms with E-state index >= 15 is 0 Å². The van der Waals surface area contributed by atoms with Gasteiger partial charge in [0.15, 0.2) is 0 Å². The van der Waals surface area contributed by atoms with Crippen molar-refractivity contribution in [3.05, 3.63) is 65.0 Å². The lowest BCUT2D eigenvalue weighted by Crippen LogP contribution is -2.34. The maximum atomic E-state index is 2.43. The van der Waals surface area contributed by atoms with Crippen LogP contribution >= 0.6 is 0 Å². The minimum absolute atomic E-state index is 0.373. The smallest absolute Gasteiger partial charge is 0.102 e. The molecule has 118 valence electrons. The van der Waals surface area contributed by atoms with Crippen LogP contribution in [0.25, 0.3) is 11.1 Å². The Balaban J connectivity index is 1.96. The van der Waals surface area contributed by atoms with E-state index in [1.54, 1.807) is 0 Å². The fourth-order valence-corrected chi connectivity index (χ4v) is 4.16. The van der Waals surface area contributed by atoms with E-state index in [1.165, 1.54) is 39.1 Å². The first-order valence-corrected chi connectivity index (χ1v) is 8.48. The van der Waals surface area contributed by atoms with Crippen molar-refractivity contribution in [3.63, 3.8) is 0 Å². The Bertz CT molecular complexity index is 804. The summed E-state index contributed by atoms with van der Waals surface area (Å²) in [5.74, 6) is 0. The van der Waals surface area contributed by atoms with Gasteiger partial charge in [0.25, 0.3) is 0 Å². The molecule has 1 atom stereocenters. The van der Waals surface area contributed by atoms with Crippen LogP contribution in [0.1, 0.15) is 29.2 Å². The fourth-order valence-electron chi connectivity index (χ4n) is 4.16. The number of nitrogens with zero attached hydrogens (tertiary/aromatic N) is 2. The van der Waals surface area contributed by atoms with Gasteiger partial charge in [0.1, 0.15) is 6.17 Å². The zero-order valence-corrected chi connectivity index (χ0v) is 14.4. The first-order valence-electron chi connectivity index (χ1n) is 8.48. The molecule has 2 aromatic carbocycles. The monoisotopic (exact) mass is 304 g/mol. The van der Waals surface area contributed by atoms with E-state index in [2.05, 4.69) is 80.4 Å². The summed E-state index contributed by atoms with van der Waals surface area (Å²) in [6.45, 7) is 6.78. The molecular formula is C21H24N2. The SMILES string of the molecule is Cc1cc(C)c(N2C=CN(C)[C@@H]2C)c2c1-c1ccccc1CC2. The fraction of sp³-hybridized carbons (Fsp3) is 0.333. The molecule has 1 aliphatic heterocycles. The number of benzene rings is 2. The van der Waals surface area contributed by atoms with Gasteiger partial charge in [-0.2, -0.15) is 0 Å². The van der Waals surface area contributed by atoms with Gasteiger partial charge in [0, 0.05) is 25.1 Å². The quantitative estimate of drug-likeness (QED) is 0.757. The molecule has 0 aromatic heterocycles. The number of hydrogen-bond acceptors (Lipinski definition) is 2. The summed E-state index contributed by atoms with van der Waals surface area (Å²) in [4.78, 5) is 4.70. The molecule has 0 spiro atoms. The highest BCUT2D eigenvalue weighted by molar-refractivity contribution is 5.83. The molecular weight excluding hydrogens is 280 g/mol. The Hall–Kier alpha value is -2.22. The van der Waals surface area contributed by atoms with E-state index in [-0.39, 0.29) is 0 Å². The average molecular weight is 304 g/mol. The van der Waals surface area contributed by atoms with E-state index in [0.29, 0.717) is 6.17 Å². The van der Waals surface area contributed by atoms with Crippen LogP contribution in [0, 0.1) is 13.8 Å². The van der Waals surface area contributed by atoms with Gasteiger partial charge >= 0.3 is 0 Å². The summed E-state index contributed by atoms with van der Waals surface area (Å²) in [6.07, 6.45) is 7.04. The van der Waals surface area contributed by atoms with Gasteiger partial charge in [-0.25, -0.2) is 0 Å². The second kappa shape index (κ2) is 5.16. The Morgan fingerprint density at radius 2 is 1.78 bits per heavy atom. The summed E-state index contributed by atoms with van der Waals surface area (Å²) in [5.41, 5.74) is 10.1. The van der Waals surface area contributed by atoms with Gasteiger partial charge in [0.05, 0.1) is 0 Å². The van der Waals surface area contributed by atoms with Crippen LogP contribution in [0.3, 0.4) is 0 Å². The predicted molar refractivity (Wildman–Crippen MR) is 97.6 cm³/mol. The Morgan fingerprint density at radius 3 is 2.52 bits per heavy atom. The molecule has 0 amide bonds. The molecule has 2 heteroatoms. The van der Waals surface area contributed by atoms with E-state index in [4.69, 9.17) is 0 Å². The maximum absolute atomic E-state index is 2.43. The molecule has 0 saturated heterocycles. The molecule has 4 rings (SSSR count). The Morgan fingerprint density at radius 1 is 1.00 bits per heavy atom. The Kier molecular flexibility index (Phi) is 3.22. The summed E-state index contributed by atoms with van der Waals surface area (Å²) < 4.78 is 0. The van der Waals surface area contributed by atoms with Crippen molar-refractivity contribution in [1.29, 1.82) is 0 Å². The molecule has 0 N–H and O–H groups in total. The lowest BCUT2D eigenvalue weighted by molar-refractivity contribution is 0.382. The molecule has 0 unspecified atom stereocenters. The molecule has 2 aromatic rings. The second-order valence-corrected chi connectivity index (χ2v) is 6.87. The minimum Gasteiger partial charge on any atom is -0.359 e. The van der Waals surface area contributed by atoms with Gasteiger partial charge in [0.2, 0.25) is 0 Å². The van der Waals surface area contributed by atoms with Crippen molar-refractivity contribution in [2.75, 3.05) is 11.9 Å². The van der Waals surface area contributed by atoms with Gasteiger partial charge < -0.3 is 9.80 Å². The first kappa shape index (κ1) is 14.4. The van der Waals surface area contributed by atoms with E-state index < -0.39 is 0 Å². The van der Waals surface area contributed by atoms with E-state index in [0.717, 1.165) is 12.8 Å². The van der Waals surface area contributed by atoms with Crippen molar-refractivity contribution in [1.82, 2.24) is 4.90 Å². The third-order valence-electron chi connectivity index (χ3n) is 5.43. The highest BCUT2D eigenvalue weighted by Gasteiger charge is 2.28. The summed E-state index contributed by atoms with van der Waals surface area (Å²) in [6, 6.07) is 11.3. The van der Waals surface area contributed by atoms with E-state index in [1.807, 2.05) is 0 Å². The third-order valence-corrected chi connectivity index (χ3v) is 5.43. The van der Waals surface area contributed by atoms with Gasteiger partial charge in [-0.05, 0) is 67.0 Å². The molecule has 23 heavy (non-hydrogen) atoms. The largest absolute Gasteiger partial charge is 0.359 e. The summed E-state index contributed by atoms with van der Waals surface area (Å²) in [5, 5.41) is 0. The summed E-state index contributed by atoms with van der Waals surface area (Å²) in [7, 11) is 2.15. The van der Waals surface area contributed by atoms with Crippen molar-refractivity contribution in [2.24, 2.45) is 0 Å². The third kappa shape index (κ3) is 2.08. The molecule has 2 nitrogen and oxygen atoms in total. The minimum atomic E-state index is 0.373. The Labute approximate surface area is 139 Å². The maximum Gasteiger partial charge on any atom is 0.102 e. The van der Waals surface area contributed by atoms with Crippen LogP contribution < -0.4 is 4.90 Å². The van der Waals surface area contributed by atoms with Crippen LogP contribution in [0.4, 0.5) is 5.69 Å². The van der Waals surface area contributed by atoms with Crippen LogP contribution in [0.2, 0.25) is 0 Å². The average Bonchev–Trinajstić information content (AvgIpc) is 2.86. The van der Waals surface area contributed by atoms with Crippen molar-refractivity contribution >= 4 is 5.69 Å². The summed E-state index contributed by atoms with van der Waals surface area (Å²) >= 11 is 0. The molecule has 1 heterocycles. The molecule has 2 aliphatic rings. The molecule has 0 saturated carbocycles. The number of rotatable bonds is 1. The van der Waals surface area contributed by atoms with Gasteiger partial charge in [-0.1, -0.05) is 30.3 Å². The van der Waals surface area contributed by atoms with Crippen molar-refractivity contribution in [2.45, 2.75) is 39.8 Å². The standard InChI is InChI=1S/C21H24N2/c1-14-13-15(2)21(23-12-11-22(4)16(23)3)19-10-9-17-7-5-6-8-18(17)20(14)19/h5-8,11-13,16H,9-10H2,1-4H3/t16-/m0/s1. The highest BCUT2D eigenvalue weighted by atomic mass is 15.4. The lowest BCUT2D eigenvalue weighted by Gasteiger charge is -2.33. The zero-order chi connectivity index (χ0) is 16.1. The van der Waals surface area contributed by atoms with Crippen molar-refractivity contribution in [3.8, 4) is 11.1 Å². The molecule has 0 bridgehead atoms. The second-order valence-electron chi connectivity index (χ2n) is 6.87. The van der Waals surface area contributed by atoms with Crippen LogP contribution in [0.5, 0.6) is 0 Å². The van der Waals surface area contributed by atoms with Gasteiger partial charge in [-0.15, -0.1) is 0 Å². The zero-order valence-electron chi connectivity index (χ0n) is 14.4. The van der Waals surface area contributed by atoms with Crippen molar-refractivity contribution < 1.29 is 0 Å². The number of anilines is 1. The first-order chi connectivity index (χ1) is 11.1. The predicted octanol–water partition coefficient (Wildman–Crippen LogP) is 4.64. The number of fused-ring (bicyclic) bond motifs is 3. The molecule has 0 radical (unpaired) electrons. The normalized spacial score (nSPS) is 19.0. The molecule has 1 aliphatic carbocycles. The van der Waals surface area contributed by atoms with Crippen LogP contribution in [-0.2, 0) is 12.8 Å². The van der Waals surface area contributed by atoms with Crippen LogP contribution in [-0.4, -0.2) is 18.1 Å². The lowest BCUT2D eigenvalue weighted by atomic mass is 9.81. The topological polar surface area (TPSA) is 6.48 Å². The van der Waals surface area contributed by atoms with Crippen LogP contribution in [0.15, 0.2) is 42.7 Å². The van der Waals surface area contributed by atoms with E-state index in [9.17, 15) is 0 Å². The van der Waals surface area contributed by atoms with Gasteiger partial charge in [-0.3, -0.25) is 0 Å². The highest BCUT2D eigenvalue weighted by Crippen LogP contribution is 2.43.